The summed E-state index contributed by atoms with van der Waals surface area (Å²) in [5, 5.41) is 13.4. The van der Waals surface area contributed by atoms with Gasteiger partial charge in [-0.1, -0.05) is 23.7 Å². The predicted octanol–water partition coefficient (Wildman–Crippen LogP) is 2.33. The highest BCUT2D eigenvalue weighted by Crippen LogP contribution is 2.20. The molecule has 0 unspecified atom stereocenters. The van der Waals surface area contributed by atoms with Gasteiger partial charge in [-0.25, -0.2) is 9.59 Å². The Hall–Kier alpha value is -2.38. The molecule has 2 heterocycles. The topological polar surface area (TPSA) is 78.7 Å². The molecule has 1 fully saturated rings. The van der Waals surface area contributed by atoms with Crippen molar-refractivity contribution in [1.82, 2.24) is 19.6 Å². The van der Waals surface area contributed by atoms with E-state index in [0.717, 1.165) is 40.5 Å². The molecule has 1 N–H and O–H groups in total. The van der Waals surface area contributed by atoms with Crippen molar-refractivity contribution in [2.75, 3.05) is 26.2 Å². The molecule has 1 aromatic heterocycles. The highest BCUT2D eigenvalue weighted by atomic mass is 35.5. The minimum absolute atomic E-state index is 0.138. The Morgan fingerprint density at radius 2 is 1.92 bits per heavy atom. The van der Waals surface area contributed by atoms with Gasteiger partial charge in [0, 0.05) is 43.9 Å². The number of rotatable bonds is 3. The largest absolute Gasteiger partial charge is 0.476 e. The van der Waals surface area contributed by atoms with Crippen LogP contribution in [0.3, 0.4) is 0 Å². The van der Waals surface area contributed by atoms with Crippen molar-refractivity contribution in [3.05, 3.63) is 52.3 Å². The molecular weight excluding hydrogens is 344 g/mol. The molecule has 1 amide bonds. The van der Waals surface area contributed by atoms with Crippen LogP contribution in [0.5, 0.6) is 0 Å². The van der Waals surface area contributed by atoms with Crippen LogP contribution >= 0.6 is 11.6 Å². The second-order valence-corrected chi connectivity index (χ2v) is 6.50. The molecule has 3 rings (SSSR count). The number of benzene rings is 1. The Labute approximate surface area is 150 Å². The maximum Gasteiger partial charge on any atom is 0.356 e. The third kappa shape index (κ3) is 4.00. The molecule has 0 atom stereocenters. The van der Waals surface area contributed by atoms with Crippen LogP contribution in [0.1, 0.15) is 21.6 Å². The number of hydrogen-bond acceptors (Lipinski definition) is 4. The Kier molecular flexibility index (Phi) is 5.06. The highest BCUT2D eigenvalue weighted by Gasteiger charge is 2.23. The zero-order valence-electron chi connectivity index (χ0n) is 13.9. The van der Waals surface area contributed by atoms with Crippen LogP contribution in [0.25, 0.3) is 0 Å². The van der Waals surface area contributed by atoms with E-state index in [1.807, 2.05) is 25.1 Å². The van der Waals surface area contributed by atoms with Crippen molar-refractivity contribution in [3.8, 4) is 0 Å². The summed E-state index contributed by atoms with van der Waals surface area (Å²) in [7, 11) is 0. The number of aromatic nitrogens is 2. The number of carbonyl (C=O) groups is 2. The van der Waals surface area contributed by atoms with Crippen LogP contribution in [0.15, 0.2) is 30.5 Å². The van der Waals surface area contributed by atoms with E-state index in [4.69, 9.17) is 16.7 Å². The van der Waals surface area contributed by atoms with Crippen molar-refractivity contribution in [1.29, 1.82) is 0 Å². The van der Waals surface area contributed by atoms with Crippen molar-refractivity contribution in [2.24, 2.45) is 0 Å². The quantitative estimate of drug-likeness (QED) is 0.906. The van der Waals surface area contributed by atoms with E-state index in [1.165, 1.54) is 12.3 Å². The minimum atomic E-state index is -1.15. The molecule has 2 aromatic rings. The van der Waals surface area contributed by atoms with Crippen LogP contribution in [0, 0.1) is 6.92 Å². The fourth-order valence-corrected chi connectivity index (χ4v) is 3.10. The van der Waals surface area contributed by atoms with Crippen molar-refractivity contribution >= 4 is 23.6 Å². The molecule has 8 heteroatoms. The molecule has 0 spiro atoms. The van der Waals surface area contributed by atoms with Gasteiger partial charge in [-0.2, -0.15) is 9.78 Å². The van der Waals surface area contributed by atoms with Crippen LogP contribution in [0.2, 0.25) is 5.02 Å². The Morgan fingerprint density at radius 1 is 1.20 bits per heavy atom. The highest BCUT2D eigenvalue weighted by molar-refractivity contribution is 6.31. The summed E-state index contributed by atoms with van der Waals surface area (Å²) in [6.45, 7) is 5.32. The number of nitrogens with zero attached hydrogens (tertiary/aromatic N) is 4. The third-order valence-corrected chi connectivity index (χ3v) is 4.60. The van der Waals surface area contributed by atoms with Crippen molar-refractivity contribution in [2.45, 2.75) is 13.5 Å². The average molecular weight is 363 g/mol. The summed E-state index contributed by atoms with van der Waals surface area (Å²) in [5.74, 6) is -1.15. The predicted molar refractivity (Wildman–Crippen MR) is 93.0 cm³/mol. The standard InChI is InChI=1S/C17H19ClN4O3/c1-12-2-3-13(14(18)10-12)11-20-6-8-21(9-7-20)17(25)22-5-4-15(19-22)16(23)24/h2-5,10H,6-9,11H2,1H3,(H,23,24). The van der Waals surface area contributed by atoms with Gasteiger partial charge in [0.2, 0.25) is 0 Å². The molecule has 1 aliphatic rings. The molecule has 1 aliphatic heterocycles. The van der Waals surface area contributed by atoms with Gasteiger partial charge in [0.1, 0.15) is 0 Å². The molecule has 25 heavy (non-hydrogen) atoms. The van der Waals surface area contributed by atoms with E-state index in [1.54, 1.807) is 4.90 Å². The summed E-state index contributed by atoms with van der Waals surface area (Å²) >= 11 is 6.29. The molecule has 0 bridgehead atoms. The first kappa shape index (κ1) is 17.4. The lowest BCUT2D eigenvalue weighted by Gasteiger charge is -2.34. The molecule has 132 valence electrons. The molecule has 0 saturated carbocycles. The van der Waals surface area contributed by atoms with Gasteiger partial charge in [0.15, 0.2) is 5.69 Å². The lowest BCUT2D eigenvalue weighted by atomic mass is 10.1. The molecule has 1 saturated heterocycles. The van der Waals surface area contributed by atoms with Gasteiger partial charge in [0.05, 0.1) is 0 Å². The van der Waals surface area contributed by atoms with Gasteiger partial charge in [-0.3, -0.25) is 4.90 Å². The molecular formula is C17H19ClN4O3. The summed E-state index contributed by atoms with van der Waals surface area (Å²) in [5.41, 5.74) is 2.07. The van der Waals surface area contributed by atoms with Crippen LogP contribution in [-0.2, 0) is 6.54 Å². The number of carbonyl (C=O) groups excluding carboxylic acids is 1. The fourth-order valence-electron chi connectivity index (χ4n) is 2.81. The fraction of sp³-hybridized carbons (Fsp3) is 0.353. The molecule has 0 aliphatic carbocycles. The number of amides is 1. The van der Waals surface area contributed by atoms with Crippen LogP contribution < -0.4 is 0 Å². The number of carboxylic acids is 1. The lowest BCUT2D eigenvalue weighted by molar-refractivity contribution is 0.0689. The Morgan fingerprint density at radius 3 is 2.52 bits per heavy atom. The SMILES string of the molecule is Cc1ccc(CN2CCN(C(=O)n3ccc(C(=O)O)n3)CC2)c(Cl)c1. The summed E-state index contributed by atoms with van der Waals surface area (Å²) in [6, 6.07) is 7.04. The number of aryl methyl sites for hydroxylation is 1. The smallest absolute Gasteiger partial charge is 0.356 e. The van der Waals surface area contributed by atoms with E-state index in [-0.39, 0.29) is 11.7 Å². The normalized spacial score (nSPS) is 15.4. The first-order chi connectivity index (χ1) is 11.9. The maximum atomic E-state index is 12.4. The number of hydrogen-bond donors (Lipinski definition) is 1. The van der Waals surface area contributed by atoms with E-state index in [9.17, 15) is 9.59 Å². The van der Waals surface area contributed by atoms with Crippen molar-refractivity contribution < 1.29 is 14.7 Å². The van der Waals surface area contributed by atoms with Crippen LogP contribution in [0.4, 0.5) is 4.79 Å². The Balaban J connectivity index is 1.57. The van der Waals surface area contributed by atoms with E-state index in [2.05, 4.69) is 10.00 Å². The first-order valence-corrected chi connectivity index (χ1v) is 8.37. The third-order valence-electron chi connectivity index (χ3n) is 4.25. The number of carboxylic acid groups (broad SMARTS) is 1. The number of piperazine rings is 1. The monoisotopic (exact) mass is 362 g/mol. The zero-order valence-corrected chi connectivity index (χ0v) is 14.6. The zero-order chi connectivity index (χ0) is 18.0. The van der Waals surface area contributed by atoms with Crippen molar-refractivity contribution in [3.63, 3.8) is 0 Å². The van der Waals surface area contributed by atoms with Gasteiger partial charge < -0.3 is 10.0 Å². The van der Waals surface area contributed by atoms with E-state index < -0.39 is 5.97 Å². The van der Waals surface area contributed by atoms with E-state index in [0.29, 0.717) is 13.1 Å². The molecule has 1 aromatic carbocycles. The van der Waals surface area contributed by atoms with Gasteiger partial charge in [-0.15, -0.1) is 0 Å². The Bertz CT molecular complexity index is 797. The van der Waals surface area contributed by atoms with E-state index >= 15 is 0 Å². The number of aromatic carboxylic acids is 1. The van der Waals surface area contributed by atoms with Gasteiger partial charge >= 0.3 is 12.0 Å². The number of halogens is 1. The first-order valence-electron chi connectivity index (χ1n) is 7.99. The van der Waals surface area contributed by atoms with Crippen LogP contribution in [-0.4, -0.2) is 62.9 Å². The minimum Gasteiger partial charge on any atom is -0.476 e. The second-order valence-electron chi connectivity index (χ2n) is 6.09. The molecule has 0 radical (unpaired) electrons. The summed E-state index contributed by atoms with van der Waals surface area (Å²) < 4.78 is 1.08. The summed E-state index contributed by atoms with van der Waals surface area (Å²) in [6.07, 6.45) is 1.38. The lowest BCUT2D eigenvalue weighted by Crippen LogP contribution is -2.49. The second kappa shape index (κ2) is 7.25. The maximum absolute atomic E-state index is 12.4. The molecule has 7 nitrogen and oxygen atoms in total. The van der Waals surface area contributed by atoms with Gasteiger partial charge in [0.25, 0.3) is 0 Å². The average Bonchev–Trinajstić information content (AvgIpc) is 3.08. The summed E-state index contributed by atoms with van der Waals surface area (Å²) in [4.78, 5) is 27.2. The van der Waals surface area contributed by atoms with Gasteiger partial charge in [-0.05, 0) is 30.2 Å².